The van der Waals surface area contributed by atoms with Crippen molar-refractivity contribution in [1.82, 2.24) is 5.32 Å². The summed E-state index contributed by atoms with van der Waals surface area (Å²) in [5.41, 5.74) is 12.3. The first kappa shape index (κ1) is 66.2. The predicted molar refractivity (Wildman–Crippen MR) is 250 cm³/mol. The molecule has 0 aliphatic rings. The number of hydrogen-bond acceptors (Lipinski definition) is 14. The van der Waals surface area contributed by atoms with Crippen molar-refractivity contribution in [3.63, 3.8) is 0 Å². The highest BCUT2D eigenvalue weighted by Crippen LogP contribution is 2.12. The van der Waals surface area contributed by atoms with Crippen molar-refractivity contribution >= 4 is 19.0 Å². The zero-order valence-electron chi connectivity index (χ0n) is 40.6. The summed E-state index contributed by atoms with van der Waals surface area (Å²) >= 11 is 0. The first-order valence-corrected chi connectivity index (χ1v) is 22.7. The molecular weight excluding hydrogens is 799 g/mol. The van der Waals surface area contributed by atoms with Crippen LogP contribution in [0.4, 0.5) is 0 Å². The third-order valence-electron chi connectivity index (χ3n) is 8.01. The van der Waals surface area contributed by atoms with Crippen LogP contribution in [0.3, 0.4) is 0 Å². The summed E-state index contributed by atoms with van der Waals surface area (Å²) in [5.74, 6) is 0.804. The van der Waals surface area contributed by atoms with Crippen molar-refractivity contribution in [2.24, 2.45) is 23.3 Å². The van der Waals surface area contributed by atoms with Gasteiger partial charge in [-0.3, -0.25) is 4.79 Å². The van der Waals surface area contributed by atoms with Crippen LogP contribution in [0.15, 0.2) is 24.3 Å². The van der Waals surface area contributed by atoms with Crippen LogP contribution >= 0.6 is 0 Å². The van der Waals surface area contributed by atoms with Crippen LogP contribution < -0.4 is 16.8 Å². The Morgan fingerprint density at radius 3 is 1.31 bits per heavy atom. The molecule has 0 saturated heterocycles. The van der Waals surface area contributed by atoms with E-state index in [-0.39, 0.29) is 17.9 Å². The quantitative estimate of drug-likeness (QED) is 0.0545. The summed E-state index contributed by atoms with van der Waals surface area (Å²) in [6.07, 6.45) is 9.95. The van der Waals surface area contributed by atoms with Gasteiger partial charge >= 0.3 is 0 Å². The monoisotopic (exact) mass is 892 g/mol. The predicted octanol–water partition coefficient (Wildman–Crippen LogP) is 5.64. The third kappa shape index (κ3) is 61.9. The lowest BCUT2D eigenvalue weighted by molar-refractivity contribution is -0.112. The zero-order valence-corrected chi connectivity index (χ0v) is 40.6. The molecule has 1 atom stereocenters. The van der Waals surface area contributed by atoms with E-state index in [1.807, 2.05) is 41.7 Å². The maximum absolute atomic E-state index is 11.1. The fourth-order valence-electron chi connectivity index (χ4n) is 4.65. The van der Waals surface area contributed by atoms with Crippen molar-refractivity contribution in [1.29, 1.82) is 0 Å². The van der Waals surface area contributed by atoms with Crippen LogP contribution in [0.1, 0.15) is 98.1 Å². The second-order valence-corrected chi connectivity index (χ2v) is 14.9. The standard InChI is InChI=1S/C25H52N2O9.C14H20O.C5H12O.C2H6.CH3NO/c1-27-7-3-2-4-25(24-28)5-8-29-10-12-31-14-16-33-18-20-35-22-23-36-21-19-34-17-15-32-13-11-30-9-6-26;1-12(2)11-14-8-6-13(7-9-14)5-3-4-10-15;1-5(2,3)6-4;1-2;2-1-3/h24-25,27H,2-23,26H2,1H3;6-10,12H,3-5,11H2,1-2H3;1-4H3;1-2H3;1H,(H2,2,3). The summed E-state index contributed by atoms with van der Waals surface area (Å²) in [6, 6.07) is 8.78. The topological polar surface area (TPSA) is 198 Å². The molecule has 1 aromatic rings. The number of aldehydes is 2. The van der Waals surface area contributed by atoms with Crippen molar-refractivity contribution < 1.29 is 57.0 Å². The van der Waals surface area contributed by atoms with Gasteiger partial charge in [-0.2, -0.15) is 0 Å². The minimum absolute atomic E-state index is 0.0417. The van der Waals surface area contributed by atoms with E-state index < -0.39 is 0 Å². The summed E-state index contributed by atoms with van der Waals surface area (Å²) < 4.78 is 48.3. The van der Waals surface area contributed by atoms with E-state index in [2.05, 4.69) is 49.2 Å². The fourth-order valence-corrected chi connectivity index (χ4v) is 4.65. The first-order valence-electron chi connectivity index (χ1n) is 22.7. The van der Waals surface area contributed by atoms with Crippen molar-refractivity contribution in [2.45, 2.75) is 105 Å². The average Bonchev–Trinajstić information content (AvgIpc) is 3.26. The molecule has 62 heavy (non-hydrogen) atoms. The number of aryl methyl sites for hydroxylation is 1. The van der Waals surface area contributed by atoms with Gasteiger partial charge in [-0.1, -0.05) is 58.4 Å². The molecule has 1 amide bonds. The molecule has 1 aromatic carbocycles. The normalized spacial score (nSPS) is 11.1. The number of carbonyl (C=O) groups excluding carboxylic acids is 3. The van der Waals surface area contributed by atoms with Gasteiger partial charge in [0.05, 0.1) is 105 Å². The Balaban J connectivity index is -0.000000523. The largest absolute Gasteiger partial charge is 0.379 e. The number of unbranched alkanes of at least 4 members (excludes halogenated alkanes) is 2. The van der Waals surface area contributed by atoms with Crippen LogP contribution in [0.25, 0.3) is 0 Å². The number of methoxy groups -OCH3 is 1. The lowest BCUT2D eigenvalue weighted by Gasteiger charge is -2.14. The van der Waals surface area contributed by atoms with Gasteiger partial charge in [0.2, 0.25) is 6.41 Å². The molecule has 0 fully saturated rings. The Hall–Kier alpha value is -2.41. The number of ether oxygens (including phenoxy) is 9. The lowest BCUT2D eigenvalue weighted by Crippen LogP contribution is -2.15. The third-order valence-corrected chi connectivity index (χ3v) is 8.01. The number of carbonyl (C=O) groups is 3. The molecule has 0 aromatic heterocycles. The summed E-state index contributed by atoms with van der Waals surface area (Å²) in [6.45, 7) is 24.6. The van der Waals surface area contributed by atoms with Gasteiger partial charge in [0, 0.05) is 32.6 Å². The summed E-state index contributed by atoms with van der Waals surface area (Å²) in [4.78, 5) is 29.9. The number of rotatable bonds is 38. The lowest BCUT2D eigenvalue weighted by atomic mass is 10.0. The van der Waals surface area contributed by atoms with E-state index in [4.69, 9.17) is 53.2 Å². The molecule has 0 aliphatic heterocycles. The minimum Gasteiger partial charge on any atom is -0.379 e. The minimum atomic E-state index is 0.0417. The van der Waals surface area contributed by atoms with E-state index in [1.54, 1.807) is 7.11 Å². The van der Waals surface area contributed by atoms with Gasteiger partial charge in [0.25, 0.3) is 0 Å². The number of nitrogens with two attached hydrogens (primary N) is 2. The maximum Gasteiger partial charge on any atom is 0.204 e. The molecule has 0 spiro atoms. The van der Waals surface area contributed by atoms with Crippen LogP contribution in [0.2, 0.25) is 0 Å². The highest BCUT2D eigenvalue weighted by atomic mass is 16.6. The van der Waals surface area contributed by atoms with Crippen molar-refractivity contribution in [3.8, 4) is 0 Å². The SMILES string of the molecule is CC.CC(C)Cc1ccc(CCCC=O)cc1.CNCCCCC(C=O)CCOCCOCCOCCOCCOCCOCCOCCOCCN.COC(C)(C)C.NC=O. The van der Waals surface area contributed by atoms with E-state index in [9.17, 15) is 9.59 Å². The van der Waals surface area contributed by atoms with Gasteiger partial charge in [0.15, 0.2) is 0 Å². The summed E-state index contributed by atoms with van der Waals surface area (Å²) in [7, 11) is 3.65. The molecule has 1 rings (SSSR count). The fraction of sp³-hybridized carbons (Fsp3) is 0.809. The second-order valence-electron chi connectivity index (χ2n) is 14.9. The van der Waals surface area contributed by atoms with E-state index in [1.165, 1.54) is 11.1 Å². The first-order chi connectivity index (χ1) is 30.0. The van der Waals surface area contributed by atoms with Crippen LogP contribution in [-0.2, 0) is 69.9 Å². The van der Waals surface area contributed by atoms with Crippen LogP contribution in [0, 0.1) is 11.8 Å². The maximum atomic E-state index is 11.1. The Kier molecular flexibility index (Phi) is 60.4. The van der Waals surface area contributed by atoms with E-state index >= 15 is 0 Å². The highest BCUT2D eigenvalue weighted by Gasteiger charge is 2.07. The van der Waals surface area contributed by atoms with Gasteiger partial charge in [0.1, 0.15) is 12.6 Å². The van der Waals surface area contributed by atoms with Crippen LogP contribution in [0.5, 0.6) is 0 Å². The smallest absolute Gasteiger partial charge is 0.204 e. The molecule has 0 bridgehead atoms. The number of primary amides is 1. The van der Waals surface area contributed by atoms with Crippen molar-refractivity contribution in [3.05, 3.63) is 35.4 Å². The zero-order chi connectivity index (χ0) is 47.2. The Labute approximate surface area is 377 Å². The highest BCUT2D eigenvalue weighted by molar-refractivity contribution is 5.53. The Bertz CT molecular complexity index is 1000. The van der Waals surface area contributed by atoms with E-state index in [0.29, 0.717) is 125 Å². The number of amides is 1. The molecular formula is C47H93N3O12. The number of benzene rings is 1. The molecule has 5 N–H and O–H groups in total. The van der Waals surface area contributed by atoms with E-state index in [0.717, 1.165) is 64.1 Å². The Morgan fingerprint density at radius 2 is 0.984 bits per heavy atom. The summed E-state index contributed by atoms with van der Waals surface area (Å²) in [5, 5.41) is 3.12. The molecule has 15 nitrogen and oxygen atoms in total. The van der Waals surface area contributed by atoms with Crippen molar-refractivity contribution in [2.75, 3.05) is 133 Å². The second kappa shape index (κ2) is 56.6. The van der Waals surface area contributed by atoms with Gasteiger partial charge in [-0.25, -0.2) is 0 Å². The average molecular weight is 892 g/mol. The molecule has 0 heterocycles. The molecule has 1 unspecified atom stereocenters. The number of hydrogen-bond donors (Lipinski definition) is 3. The molecule has 368 valence electrons. The molecule has 0 saturated carbocycles. The number of nitrogens with one attached hydrogen (secondary N) is 1. The van der Waals surface area contributed by atoms with Gasteiger partial charge in [-0.05, 0) is 89.9 Å². The van der Waals surface area contributed by atoms with Gasteiger partial charge in [-0.15, -0.1) is 0 Å². The van der Waals surface area contributed by atoms with Gasteiger partial charge < -0.3 is 69.0 Å². The Morgan fingerprint density at radius 1 is 0.613 bits per heavy atom. The van der Waals surface area contributed by atoms with Crippen LogP contribution in [-0.4, -0.2) is 158 Å². The molecule has 0 aliphatic carbocycles. The molecule has 15 heteroatoms. The molecule has 0 radical (unpaired) electrons.